The molecule has 1 N–H and O–H groups in total. The van der Waals surface area contributed by atoms with Gasteiger partial charge in [0.15, 0.2) is 0 Å². The molecule has 0 saturated carbocycles. The van der Waals surface area contributed by atoms with E-state index in [1.807, 2.05) is 26.0 Å². The maximum atomic E-state index is 10.5. The molecule has 0 amide bonds. The third kappa shape index (κ3) is 3.48. The molecule has 1 atom stereocenters. The SMILES string of the molecule is COc1cc(C)c(C(O)CN2CCCCC2)c(C)c1. The van der Waals surface area contributed by atoms with Gasteiger partial charge in [-0.2, -0.15) is 0 Å². The van der Waals surface area contributed by atoms with Gasteiger partial charge in [-0.05, 0) is 68.6 Å². The molecule has 0 aliphatic carbocycles. The van der Waals surface area contributed by atoms with Gasteiger partial charge < -0.3 is 14.7 Å². The lowest BCUT2D eigenvalue weighted by Crippen LogP contribution is -2.33. The first-order valence-corrected chi connectivity index (χ1v) is 7.17. The topological polar surface area (TPSA) is 32.7 Å². The molecule has 1 aromatic rings. The molecule has 1 saturated heterocycles. The summed E-state index contributed by atoms with van der Waals surface area (Å²) in [7, 11) is 1.68. The van der Waals surface area contributed by atoms with Crippen molar-refractivity contribution in [3.8, 4) is 5.75 Å². The minimum absolute atomic E-state index is 0.399. The first-order valence-electron chi connectivity index (χ1n) is 7.17. The molecule has 2 rings (SSSR count). The van der Waals surface area contributed by atoms with Crippen LogP contribution in [0.3, 0.4) is 0 Å². The summed E-state index contributed by atoms with van der Waals surface area (Å²) >= 11 is 0. The van der Waals surface area contributed by atoms with E-state index in [0.717, 1.165) is 42.1 Å². The summed E-state index contributed by atoms with van der Waals surface area (Å²) in [5.41, 5.74) is 3.29. The molecule has 106 valence electrons. The molecule has 0 aromatic heterocycles. The van der Waals surface area contributed by atoms with Crippen LogP contribution >= 0.6 is 0 Å². The van der Waals surface area contributed by atoms with Crippen molar-refractivity contribution < 1.29 is 9.84 Å². The maximum absolute atomic E-state index is 10.5. The monoisotopic (exact) mass is 263 g/mol. The maximum Gasteiger partial charge on any atom is 0.119 e. The Morgan fingerprint density at radius 1 is 1.16 bits per heavy atom. The van der Waals surface area contributed by atoms with Crippen LogP contribution in [-0.4, -0.2) is 36.8 Å². The highest BCUT2D eigenvalue weighted by Gasteiger charge is 2.19. The molecule has 0 radical (unpaired) electrons. The Labute approximate surface area is 116 Å². The first kappa shape index (κ1) is 14.4. The van der Waals surface area contributed by atoms with Crippen molar-refractivity contribution in [3.63, 3.8) is 0 Å². The standard InChI is InChI=1S/C16H25NO2/c1-12-9-14(19-3)10-13(2)16(12)15(18)11-17-7-5-4-6-8-17/h9-10,15,18H,4-8,11H2,1-3H3. The zero-order chi connectivity index (χ0) is 13.8. The number of piperidine rings is 1. The van der Waals surface area contributed by atoms with Gasteiger partial charge in [-0.1, -0.05) is 6.42 Å². The van der Waals surface area contributed by atoms with Gasteiger partial charge in [0, 0.05) is 6.54 Å². The van der Waals surface area contributed by atoms with Crippen LogP contribution in [0.5, 0.6) is 5.75 Å². The number of hydrogen-bond acceptors (Lipinski definition) is 3. The van der Waals surface area contributed by atoms with Gasteiger partial charge in [-0.25, -0.2) is 0 Å². The van der Waals surface area contributed by atoms with Crippen LogP contribution in [0.25, 0.3) is 0 Å². The summed E-state index contributed by atoms with van der Waals surface area (Å²) in [5, 5.41) is 10.5. The van der Waals surface area contributed by atoms with Crippen molar-refractivity contribution in [2.75, 3.05) is 26.7 Å². The van der Waals surface area contributed by atoms with Crippen LogP contribution in [0, 0.1) is 13.8 Å². The largest absolute Gasteiger partial charge is 0.497 e. The van der Waals surface area contributed by atoms with Crippen LogP contribution in [0.4, 0.5) is 0 Å². The third-order valence-electron chi connectivity index (χ3n) is 4.02. The Kier molecular flexibility index (Phi) is 4.83. The lowest BCUT2D eigenvalue weighted by molar-refractivity contribution is 0.101. The van der Waals surface area contributed by atoms with Gasteiger partial charge in [-0.3, -0.25) is 0 Å². The van der Waals surface area contributed by atoms with Crippen LogP contribution in [0.1, 0.15) is 42.1 Å². The van der Waals surface area contributed by atoms with Crippen molar-refractivity contribution in [1.29, 1.82) is 0 Å². The number of nitrogens with zero attached hydrogens (tertiary/aromatic N) is 1. The molecule has 1 aromatic carbocycles. The van der Waals surface area contributed by atoms with Gasteiger partial charge in [0.05, 0.1) is 13.2 Å². The summed E-state index contributed by atoms with van der Waals surface area (Å²) < 4.78 is 5.27. The van der Waals surface area contributed by atoms with Gasteiger partial charge in [-0.15, -0.1) is 0 Å². The third-order valence-corrected chi connectivity index (χ3v) is 4.02. The van der Waals surface area contributed by atoms with E-state index in [1.165, 1.54) is 19.3 Å². The molecule has 0 spiro atoms. The van der Waals surface area contributed by atoms with E-state index in [-0.39, 0.29) is 0 Å². The fourth-order valence-corrected chi connectivity index (χ4v) is 3.06. The van der Waals surface area contributed by atoms with Gasteiger partial charge in [0.2, 0.25) is 0 Å². The van der Waals surface area contributed by atoms with E-state index >= 15 is 0 Å². The predicted molar refractivity (Wildman–Crippen MR) is 77.7 cm³/mol. The number of rotatable bonds is 4. The molecule has 3 heteroatoms. The number of likely N-dealkylation sites (tertiary alicyclic amines) is 1. The van der Waals surface area contributed by atoms with Crippen molar-refractivity contribution >= 4 is 0 Å². The summed E-state index contributed by atoms with van der Waals surface area (Å²) in [6.45, 7) is 7.07. The molecule has 1 aliphatic heterocycles. The Hall–Kier alpha value is -1.06. The number of aryl methyl sites for hydroxylation is 2. The number of β-amino-alcohol motifs (C(OH)–C–C–N with tert-alkyl or cyclic N) is 1. The molecule has 1 heterocycles. The van der Waals surface area contributed by atoms with Gasteiger partial charge >= 0.3 is 0 Å². The Morgan fingerprint density at radius 2 is 1.74 bits per heavy atom. The summed E-state index contributed by atoms with van der Waals surface area (Å²) in [5.74, 6) is 0.865. The summed E-state index contributed by atoms with van der Waals surface area (Å²) in [4.78, 5) is 2.37. The number of hydrogen-bond donors (Lipinski definition) is 1. The van der Waals surface area contributed by atoms with Gasteiger partial charge in [0.25, 0.3) is 0 Å². The predicted octanol–water partition coefficient (Wildman–Crippen LogP) is 2.83. The minimum Gasteiger partial charge on any atom is -0.497 e. The Morgan fingerprint density at radius 3 is 2.26 bits per heavy atom. The van der Waals surface area contributed by atoms with E-state index in [2.05, 4.69) is 4.90 Å². The van der Waals surface area contributed by atoms with Crippen LogP contribution in [0.2, 0.25) is 0 Å². The number of benzene rings is 1. The summed E-state index contributed by atoms with van der Waals surface area (Å²) in [6, 6.07) is 4.00. The first-order chi connectivity index (χ1) is 9.11. The average molecular weight is 263 g/mol. The van der Waals surface area contributed by atoms with Crippen molar-refractivity contribution in [1.82, 2.24) is 4.90 Å². The molecule has 0 bridgehead atoms. The highest BCUT2D eigenvalue weighted by atomic mass is 16.5. The number of aliphatic hydroxyl groups is 1. The van der Waals surface area contributed by atoms with Crippen molar-refractivity contribution in [3.05, 3.63) is 28.8 Å². The Balaban J connectivity index is 2.11. The zero-order valence-electron chi connectivity index (χ0n) is 12.3. The van der Waals surface area contributed by atoms with Crippen molar-refractivity contribution in [2.45, 2.75) is 39.2 Å². The second kappa shape index (κ2) is 6.40. The minimum atomic E-state index is -0.399. The Bertz CT molecular complexity index is 402. The highest BCUT2D eigenvalue weighted by molar-refractivity contribution is 5.42. The molecule has 1 fully saturated rings. The van der Waals surface area contributed by atoms with E-state index in [9.17, 15) is 5.11 Å². The fourth-order valence-electron chi connectivity index (χ4n) is 3.06. The number of aliphatic hydroxyl groups excluding tert-OH is 1. The summed E-state index contributed by atoms with van der Waals surface area (Å²) in [6.07, 6.45) is 3.44. The van der Waals surface area contributed by atoms with Crippen molar-refractivity contribution in [2.24, 2.45) is 0 Å². The normalized spacial score (nSPS) is 18.3. The van der Waals surface area contributed by atoms with Crippen LogP contribution < -0.4 is 4.74 Å². The average Bonchev–Trinajstić information content (AvgIpc) is 2.38. The fraction of sp³-hybridized carbons (Fsp3) is 0.625. The molecular weight excluding hydrogens is 238 g/mol. The van der Waals surface area contributed by atoms with E-state index < -0.39 is 6.10 Å². The van der Waals surface area contributed by atoms with Crippen LogP contribution in [-0.2, 0) is 0 Å². The molecule has 1 aliphatic rings. The molecule has 19 heavy (non-hydrogen) atoms. The zero-order valence-corrected chi connectivity index (χ0v) is 12.3. The second-order valence-corrected chi connectivity index (χ2v) is 5.55. The van der Waals surface area contributed by atoms with Crippen LogP contribution in [0.15, 0.2) is 12.1 Å². The van der Waals surface area contributed by atoms with E-state index in [1.54, 1.807) is 7.11 Å². The van der Waals surface area contributed by atoms with E-state index in [0.29, 0.717) is 0 Å². The molecule has 1 unspecified atom stereocenters. The lowest BCUT2D eigenvalue weighted by atomic mass is 9.96. The second-order valence-electron chi connectivity index (χ2n) is 5.55. The lowest BCUT2D eigenvalue weighted by Gasteiger charge is -2.29. The highest BCUT2D eigenvalue weighted by Crippen LogP contribution is 2.28. The number of methoxy groups -OCH3 is 1. The number of ether oxygens (including phenoxy) is 1. The molecule has 3 nitrogen and oxygen atoms in total. The van der Waals surface area contributed by atoms with E-state index in [4.69, 9.17) is 4.74 Å². The quantitative estimate of drug-likeness (QED) is 0.906. The van der Waals surface area contributed by atoms with Gasteiger partial charge in [0.1, 0.15) is 5.75 Å². The smallest absolute Gasteiger partial charge is 0.119 e. The molecular formula is C16H25NO2.